The molecule has 0 heterocycles. The van der Waals surface area contributed by atoms with Gasteiger partial charge in [-0.3, -0.25) is 0 Å². The van der Waals surface area contributed by atoms with E-state index in [1.165, 1.54) is 0 Å². The maximum absolute atomic E-state index is 9.90. The fourth-order valence-corrected chi connectivity index (χ4v) is 1.79. The van der Waals surface area contributed by atoms with Crippen LogP contribution in [0.1, 0.15) is 5.56 Å². The van der Waals surface area contributed by atoms with Gasteiger partial charge in [-0.1, -0.05) is 30.3 Å². The van der Waals surface area contributed by atoms with Crippen molar-refractivity contribution in [2.75, 3.05) is 5.32 Å². The highest BCUT2D eigenvalue weighted by Crippen LogP contribution is 2.13. The van der Waals surface area contributed by atoms with E-state index in [0.717, 1.165) is 16.1 Å². The Morgan fingerprint density at radius 1 is 1.00 bits per heavy atom. The number of anilines is 1. The lowest BCUT2D eigenvalue weighted by Gasteiger charge is -2.14. The number of hydrogen-bond donors (Lipinski definition) is 3. The zero-order valence-electron chi connectivity index (χ0n) is 9.38. The number of thiol groups is 1. The summed E-state index contributed by atoms with van der Waals surface area (Å²) >= 11 is 4.21. The van der Waals surface area contributed by atoms with Crippen LogP contribution in [0.25, 0.3) is 0 Å². The summed E-state index contributed by atoms with van der Waals surface area (Å²) in [5.41, 5.74) is 2.00. The first-order valence-corrected chi connectivity index (χ1v) is 5.96. The number of nitrogens with one attached hydrogen (secondary N) is 1. The van der Waals surface area contributed by atoms with Crippen LogP contribution in [-0.2, 0) is 6.42 Å². The highest BCUT2D eigenvalue weighted by atomic mass is 32.1. The lowest BCUT2D eigenvalue weighted by Crippen LogP contribution is -2.21. The van der Waals surface area contributed by atoms with Gasteiger partial charge in [-0.15, -0.1) is 12.6 Å². The molecule has 0 aliphatic heterocycles. The van der Waals surface area contributed by atoms with Gasteiger partial charge in [-0.2, -0.15) is 0 Å². The molecule has 1 unspecified atom stereocenters. The predicted octanol–water partition coefficient (Wildman–Crippen LogP) is 2.95. The fraction of sp³-hybridized carbons (Fsp3) is 0.143. The Hall–Kier alpha value is -1.45. The summed E-state index contributed by atoms with van der Waals surface area (Å²) in [7, 11) is 0. The first-order chi connectivity index (χ1) is 8.24. The summed E-state index contributed by atoms with van der Waals surface area (Å²) in [5, 5.41) is 12.9. The molecule has 2 nitrogen and oxygen atoms in total. The largest absolute Gasteiger partial charge is 0.373 e. The van der Waals surface area contributed by atoms with Gasteiger partial charge in [0.05, 0.1) is 0 Å². The third-order valence-electron chi connectivity index (χ3n) is 2.47. The second-order valence-electron chi connectivity index (χ2n) is 3.90. The standard InChI is InChI=1S/C14H15NOS/c16-14(10-11-4-2-1-3-5-11)15-12-6-8-13(17)9-7-12/h1-9,14-17H,10H2. The van der Waals surface area contributed by atoms with Crippen molar-refractivity contribution in [3.8, 4) is 0 Å². The molecule has 0 radical (unpaired) electrons. The monoisotopic (exact) mass is 245 g/mol. The lowest BCUT2D eigenvalue weighted by atomic mass is 10.1. The normalized spacial score (nSPS) is 12.1. The average Bonchev–Trinajstić information content (AvgIpc) is 2.33. The highest BCUT2D eigenvalue weighted by molar-refractivity contribution is 7.80. The van der Waals surface area contributed by atoms with Gasteiger partial charge in [-0.25, -0.2) is 0 Å². The Labute approximate surface area is 107 Å². The van der Waals surface area contributed by atoms with E-state index in [9.17, 15) is 5.11 Å². The number of rotatable bonds is 4. The summed E-state index contributed by atoms with van der Waals surface area (Å²) in [6.45, 7) is 0. The SMILES string of the molecule is OC(Cc1ccccc1)Nc1ccc(S)cc1. The topological polar surface area (TPSA) is 32.3 Å². The van der Waals surface area contributed by atoms with Crippen LogP contribution in [-0.4, -0.2) is 11.3 Å². The van der Waals surface area contributed by atoms with E-state index in [-0.39, 0.29) is 0 Å². The van der Waals surface area contributed by atoms with Gasteiger partial charge in [-0.05, 0) is 29.8 Å². The van der Waals surface area contributed by atoms with Gasteiger partial charge in [0, 0.05) is 17.0 Å². The number of aliphatic hydroxyl groups is 1. The molecule has 0 aliphatic carbocycles. The molecule has 0 aromatic heterocycles. The number of aliphatic hydroxyl groups excluding tert-OH is 1. The van der Waals surface area contributed by atoms with Crippen molar-refractivity contribution in [1.82, 2.24) is 0 Å². The van der Waals surface area contributed by atoms with E-state index >= 15 is 0 Å². The van der Waals surface area contributed by atoms with Gasteiger partial charge in [0.1, 0.15) is 6.23 Å². The van der Waals surface area contributed by atoms with E-state index in [1.807, 2.05) is 54.6 Å². The molecule has 0 saturated heterocycles. The fourth-order valence-electron chi connectivity index (χ4n) is 1.64. The van der Waals surface area contributed by atoms with Crippen LogP contribution >= 0.6 is 12.6 Å². The Bertz CT molecular complexity index is 455. The first kappa shape index (κ1) is 12.0. The Kier molecular flexibility index (Phi) is 4.07. The molecule has 17 heavy (non-hydrogen) atoms. The number of hydrogen-bond acceptors (Lipinski definition) is 3. The summed E-state index contributed by atoms with van der Waals surface area (Å²) in [4.78, 5) is 0.910. The minimum atomic E-state index is -0.580. The summed E-state index contributed by atoms with van der Waals surface area (Å²) in [6.07, 6.45) is 0.00637. The van der Waals surface area contributed by atoms with Gasteiger partial charge in [0.2, 0.25) is 0 Å². The Balaban J connectivity index is 1.93. The highest BCUT2D eigenvalue weighted by Gasteiger charge is 2.04. The van der Waals surface area contributed by atoms with Crippen LogP contribution in [0.2, 0.25) is 0 Å². The van der Waals surface area contributed by atoms with E-state index in [0.29, 0.717) is 6.42 Å². The van der Waals surface area contributed by atoms with Crippen LogP contribution < -0.4 is 5.32 Å². The zero-order chi connectivity index (χ0) is 12.1. The molecule has 2 N–H and O–H groups in total. The third-order valence-corrected chi connectivity index (χ3v) is 2.77. The molecule has 0 amide bonds. The molecule has 0 spiro atoms. The summed E-state index contributed by atoms with van der Waals surface area (Å²) < 4.78 is 0. The average molecular weight is 245 g/mol. The minimum absolute atomic E-state index is 0.580. The molecule has 3 heteroatoms. The first-order valence-electron chi connectivity index (χ1n) is 5.51. The smallest absolute Gasteiger partial charge is 0.128 e. The zero-order valence-corrected chi connectivity index (χ0v) is 10.3. The number of benzene rings is 2. The van der Waals surface area contributed by atoms with E-state index in [2.05, 4.69) is 17.9 Å². The van der Waals surface area contributed by atoms with E-state index in [1.54, 1.807) is 0 Å². The quantitative estimate of drug-likeness (QED) is 0.571. The third kappa shape index (κ3) is 3.80. The van der Waals surface area contributed by atoms with Crippen molar-refractivity contribution in [3.63, 3.8) is 0 Å². The van der Waals surface area contributed by atoms with Crippen molar-refractivity contribution in [2.24, 2.45) is 0 Å². The molecule has 2 rings (SSSR count). The molecule has 2 aromatic rings. The van der Waals surface area contributed by atoms with Crippen molar-refractivity contribution in [2.45, 2.75) is 17.5 Å². The minimum Gasteiger partial charge on any atom is -0.373 e. The van der Waals surface area contributed by atoms with Crippen LogP contribution in [0.4, 0.5) is 5.69 Å². The molecule has 0 fully saturated rings. The van der Waals surface area contributed by atoms with Gasteiger partial charge in [0.25, 0.3) is 0 Å². The van der Waals surface area contributed by atoms with E-state index < -0.39 is 6.23 Å². The van der Waals surface area contributed by atoms with Crippen molar-refractivity contribution >= 4 is 18.3 Å². The summed E-state index contributed by atoms with van der Waals surface area (Å²) in [5.74, 6) is 0. The van der Waals surface area contributed by atoms with Crippen molar-refractivity contribution in [3.05, 3.63) is 60.2 Å². The van der Waals surface area contributed by atoms with Crippen LogP contribution in [0.5, 0.6) is 0 Å². The maximum atomic E-state index is 9.90. The Morgan fingerprint density at radius 2 is 1.65 bits per heavy atom. The molecular formula is C14H15NOS. The van der Waals surface area contributed by atoms with E-state index in [4.69, 9.17) is 0 Å². The second kappa shape index (κ2) is 5.75. The summed E-state index contributed by atoms with van der Waals surface area (Å²) in [6, 6.07) is 17.5. The van der Waals surface area contributed by atoms with Crippen LogP contribution in [0.3, 0.4) is 0 Å². The molecule has 1 atom stereocenters. The van der Waals surface area contributed by atoms with Gasteiger partial charge >= 0.3 is 0 Å². The molecular weight excluding hydrogens is 230 g/mol. The molecule has 0 saturated carbocycles. The van der Waals surface area contributed by atoms with Crippen LogP contribution in [0.15, 0.2) is 59.5 Å². The van der Waals surface area contributed by atoms with Crippen molar-refractivity contribution in [1.29, 1.82) is 0 Å². The second-order valence-corrected chi connectivity index (χ2v) is 4.41. The molecule has 0 aliphatic rings. The maximum Gasteiger partial charge on any atom is 0.128 e. The Morgan fingerprint density at radius 3 is 2.29 bits per heavy atom. The van der Waals surface area contributed by atoms with Gasteiger partial charge < -0.3 is 10.4 Å². The van der Waals surface area contributed by atoms with Crippen molar-refractivity contribution < 1.29 is 5.11 Å². The molecule has 0 bridgehead atoms. The molecule has 2 aromatic carbocycles. The molecule has 88 valence electrons. The predicted molar refractivity (Wildman–Crippen MR) is 73.5 cm³/mol. The lowest BCUT2D eigenvalue weighted by molar-refractivity contribution is 0.204. The van der Waals surface area contributed by atoms with Gasteiger partial charge in [0.15, 0.2) is 0 Å². The van der Waals surface area contributed by atoms with Crippen LogP contribution in [0, 0.1) is 0 Å².